The highest BCUT2D eigenvalue weighted by atomic mass is 16.5. The summed E-state index contributed by atoms with van der Waals surface area (Å²) in [6.07, 6.45) is 0. The number of hydrogen-bond acceptors (Lipinski definition) is 6. The smallest absolute Gasteiger partial charge is 0.336 e. The minimum atomic E-state index is -1.37. The van der Waals surface area contributed by atoms with Crippen LogP contribution in [0.25, 0.3) is 0 Å². The monoisotopic (exact) mass is 449 g/mol. The number of allylic oxidation sites excluding steroid dienone is 1. The Morgan fingerprint density at radius 1 is 1.00 bits per heavy atom. The lowest BCUT2D eigenvalue weighted by atomic mass is 9.60. The molecule has 6 heteroatoms. The van der Waals surface area contributed by atoms with Gasteiger partial charge in [-0.05, 0) is 44.0 Å². The number of methoxy groups -OCH3 is 1. The van der Waals surface area contributed by atoms with Gasteiger partial charge in [-0.2, -0.15) is 0 Å². The van der Waals surface area contributed by atoms with Crippen LogP contribution < -0.4 is 4.74 Å². The highest BCUT2D eigenvalue weighted by molar-refractivity contribution is 5.98. The van der Waals surface area contributed by atoms with Crippen molar-refractivity contribution in [2.75, 3.05) is 27.4 Å². The Bertz CT molecular complexity index is 1060. The highest BCUT2D eigenvalue weighted by Gasteiger charge is 2.58. The zero-order valence-electron chi connectivity index (χ0n) is 19.9. The molecule has 174 valence electrons. The van der Waals surface area contributed by atoms with E-state index in [4.69, 9.17) is 14.2 Å². The Labute approximate surface area is 195 Å². The van der Waals surface area contributed by atoms with E-state index in [1.54, 1.807) is 32.9 Å². The molecule has 1 aliphatic heterocycles. The number of rotatable bonds is 7. The summed E-state index contributed by atoms with van der Waals surface area (Å²) in [6.45, 7) is 10.1. The van der Waals surface area contributed by atoms with Gasteiger partial charge >= 0.3 is 11.9 Å². The maximum absolute atomic E-state index is 13.9. The van der Waals surface area contributed by atoms with Gasteiger partial charge in [0.05, 0.1) is 25.9 Å². The largest absolute Gasteiger partial charge is 0.497 e. The molecule has 0 aromatic heterocycles. The second kappa shape index (κ2) is 9.94. The quantitative estimate of drug-likeness (QED) is 0.577. The normalized spacial score (nSPS) is 20.5. The van der Waals surface area contributed by atoms with Crippen LogP contribution in [0.5, 0.6) is 5.75 Å². The molecule has 1 aliphatic rings. The molecule has 3 rings (SSSR count). The predicted octanol–water partition coefficient (Wildman–Crippen LogP) is 4.58. The molecule has 1 heterocycles. The number of carbonyl (C=O) groups is 2. The fourth-order valence-electron chi connectivity index (χ4n) is 4.56. The molecular weight excluding hydrogens is 418 g/mol. The number of hydrogen-bond donors (Lipinski definition) is 0. The van der Waals surface area contributed by atoms with Crippen molar-refractivity contribution < 1.29 is 23.8 Å². The molecule has 2 atom stereocenters. The Hall–Kier alpha value is -3.54. The van der Waals surface area contributed by atoms with Crippen LogP contribution in [0.15, 0.2) is 78.1 Å². The van der Waals surface area contributed by atoms with E-state index >= 15 is 0 Å². The predicted molar refractivity (Wildman–Crippen MR) is 127 cm³/mol. The Morgan fingerprint density at radius 2 is 1.61 bits per heavy atom. The van der Waals surface area contributed by atoms with Gasteiger partial charge in [-0.3, -0.25) is 4.79 Å². The molecule has 0 unspecified atom stereocenters. The fourth-order valence-corrected chi connectivity index (χ4v) is 4.56. The second-order valence-electron chi connectivity index (χ2n) is 7.83. The summed E-state index contributed by atoms with van der Waals surface area (Å²) in [5.74, 6) is -0.985. The van der Waals surface area contributed by atoms with Crippen LogP contribution in [-0.4, -0.2) is 44.2 Å². The zero-order valence-corrected chi connectivity index (χ0v) is 19.9. The van der Waals surface area contributed by atoms with Crippen molar-refractivity contribution in [1.82, 2.24) is 4.90 Å². The summed E-state index contributed by atoms with van der Waals surface area (Å²) in [5.41, 5.74) is 1.67. The molecular formula is C27H31NO5. The summed E-state index contributed by atoms with van der Waals surface area (Å²) >= 11 is 0. The first-order valence-corrected chi connectivity index (χ1v) is 11.0. The summed E-state index contributed by atoms with van der Waals surface area (Å²) < 4.78 is 16.5. The van der Waals surface area contributed by atoms with Crippen molar-refractivity contribution in [1.29, 1.82) is 0 Å². The fraction of sp³-hybridized carbons (Fsp3) is 0.333. The summed E-state index contributed by atoms with van der Waals surface area (Å²) in [4.78, 5) is 29.0. The van der Waals surface area contributed by atoms with Crippen LogP contribution in [-0.2, 0) is 24.5 Å². The van der Waals surface area contributed by atoms with Gasteiger partial charge in [-0.15, -0.1) is 0 Å². The third-order valence-corrected chi connectivity index (χ3v) is 6.25. The van der Waals surface area contributed by atoms with Crippen molar-refractivity contribution >= 4 is 11.9 Å². The van der Waals surface area contributed by atoms with Gasteiger partial charge in [0, 0.05) is 24.4 Å². The van der Waals surface area contributed by atoms with E-state index in [0.29, 0.717) is 28.3 Å². The lowest BCUT2D eigenvalue weighted by Gasteiger charge is -2.48. The third-order valence-electron chi connectivity index (χ3n) is 6.25. The first kappa shape index (κ1) is 24.1. The standard InChI is InChI=1S/C27H31NO5/c1-7-32-25(29)23-18(3)28(5)19(4)27(26(30)33-8-2,21-12-10-9-11-13-21)24(23)20-14-16-22(31-6)17-15-20/h9-17,24H,4,7-8H2,1-3,5-6H3/t24-,27-/m1/s1. The van der Waals surface area contributed by atoms with Crippen molar-refractivity contribution in [3.05, 3.63) is 89.3 Å². The first-order valence-electron chi connectivity index (χ1n) is 11.0. The maximum Gasteiger partial charge on any atom is 0.336 e. The molecule has 0 saturated carbocycles. The van der Waals surface area contributed by atoms with Crippen LogP contribution >= 0.6 is 0 Å². The molecule has 6 nitrogen and oxygen atoms in total. The van der Waals surface area contributed by atoms with E-state index < -0.39 is 23.3 Å². The van der Waals surface area contributed by atoms with Crippen LogP contribution in [0.3, 0.4) is 0 Å². The van der Waals surface area contributed by atoms with E-state index in [1.807, 2.05) is 61.5 Å². The Morgan fingerprint density at radius 3 is 2.15 bits per heavy atom. The SMILES string of the molecule is C=C1N(C)C(C)=C(C(=O)OCC)[C@@H](c2ccc(OC)cc2)[C@]1(C(=O)OCC)c1ccccc1. The van der Waals surface area contributed by atoms with E-state index in [1.165, 1.54) is 0 Å². The topological polar surface area (TPSA) is 65.1 Å². The Balaban J connectivity index is 2.44. The minimum absolute atomic E-state index is 0.192. The van der Waals surface area contributed by atoms with E-state index in [0.717, 1.165) is 5.56 Å². The number of nitrogens with zero attached hydrogens (tertiary/aromatic N) is 1. The van der Waals surface area contributed by atoms with Gasteiger partial charge in [0.15, 0.2) is 0 Å². The van der Waals surface area contributed by atoms with E-state index in [9.17, 15) is 9.59 Å². The maximum atomic E-state index is 13.9. The molecule has 2 aromatic rings. The van der Waals surface area contributed by atoms with Crippen molar-refractivity contribution in [3.8, 4) is 5.75 Å². The van der Waals surface area contributed by atoms with Crippen LogP contribution in [0, 0.1) is 0 Å². The summed E-state index contributed by atoms with van der Waals surface area (Å²) in [6, 6.07) is 16.7. The number of ether oxygens (including phenoxy) is 3. The van der Waals surface area contributed by atoms with Crippen LogP contribution in [0.1, 0.15) is 37.8 Å². The van der Waals surface area contributed by atoms with Gasteiger partial charge in [-0.1, -0.05) is 49.0 Å². The molecule has 0 radical (unpaired) electrons. The molecule has 0 aliphatic carbocycles. The molecule has 0 saturated heterocycles. The number of likely N-dealkylation sites (N-methyl/N-ethyl adjacent to an activating group) is 1. The van der Waals surface area contributed by atoms with Crippen LogP contribution in [0.2, 0.25) is 0 Å². The van der Waals surface area contributed by atoms with Gasteiger partial charge in [0.1, 0.15) is 11.2 Å². The number of benzene rings is 2. The molecule has 0 bridgehead atoms. The second-order valence-corrected chi connectivity index (χ2v) is 7.83. The molecule has 2 aromatic carbocycles. The molecule has 0 spiro atoms. The molecule has 0 amide bonds. The van der Waals surface area contributed by atoms with Gasteiger partial charge in [0.2, 0.25) is 0 Å². The van der Waals surface area contributed by atoms with E-state index in [2.05, 4.69) is 6.58 Å². The average Bonchev–Trinajstić information content (AvgIpc) is 2.83. The molecule has 0 fully saturated rings. The van der Waals surface area contributed by atoms with Crippen molar-refractivity contribution in [2.24, 2.45) is 0 Å². The molecule has 33 heavy (non-hydrogen) atoms. The summed E-state index contributed by atoms with van der Waals surface area (Å²) in [5, 5.41) is 0. The minimum Gasteiger partial charge on any atom is -0.497 e. The number of esters is 2. The number of carbonyl (C=O) groups excluding carboxylic acids is 2. The average molecular weight is 450 g/mol. The van der Waals surface area contributed by atoms with Crippen molar-refractivity contribution in [3.63, 3.8) is 0 Å². The third kappa shape index (κ3) is 4.01. The van der Waals surface area contributed by atoms with Gasteiger partial charge < -0.3 is 19.1 Å². The lowest BCUT2D eigenvalue weighted by molar-refractivity contribution is -0.150. The summed E-state index contributed by atoms with van der Waals surface area (Å²) in [7, 11) is 3.39. The highest BCUT2D eigenvalue weighted by Crippen LogP contribution is 2.54. The first-order chi connectivity index (χ1) is 15.8. The van der Waals surface area contributed by atoms with Gasteiger partial charge in [-0.25, -0.2) is 4.79 Å². The lowest BCUT2D eigenvalue weighted by Crippen LogP contribution is -2.53. The van der Waals surface area contributed by atoms with Crippen molar-refractivity contribution in [2.45, 2.75) is 32.1 Å². The van der Waals surface area contributed by atoms with E-state index in [-0.39, 0.29) is 13.2 Å². The van der Waals surface area contributed by atoms with Gasteiger partial charge in [0.25, 0.3) is 0 Å². The van der Waals surface area contributed by atoms with Crippen LogP contribution in [0.4, 0.5) is 0 Å². The molecule has 0 N–H and O–H groups in total. The Kier molecular flexibility index (Phi) is 7.26. The zero-order chi connectivity index (χ0) is 24.2.